The van der Waals surface area contributed by atoms with Crippen LogP contribution in [0.3, 0.4) is 0 Å². The van der Waals surface area contributed by atoms with Gasteiger partial charge in [-0.3, -0.25) is 0 Å². The summed E-state index contributed by atoms with van der Waals surface area (Å²) in [6, 6.07) is 4.83. The molecule has 0 spiro atoms. The number of hydrogen-bond acceptors (Lipinski definition) is 1. The minimum atomic E-state index is -0.846. The van der Waals surface area contributed by atoms with Crippen molar-refractivity contribution in [2.75, 3.05) is 6.61 Å². The van der Waals surface area contributed by atoms with Crippen LogP contribution in [0.1, 0.15) is 82.9 Å². The van der Waals surface area contributed by atoms with Crippen molar-refractivity contribution in [1.82, 2.24) is 0 Å². The molecule has 2 heteroatoms. The molecule has 22 heavy (non-hydrogen) atoms. The van der Waals surface area contributed by atoms with E-state index in [2.05, 4.69) is 39.8 Å². The van der Waals surface area contributed by atoms with Crippen LogP contribution < -0.4 is 3.58 Å². The first-order valence-corrected chi connectivity index (χ1v) is 11.9. The molecule has 0 unspecified atom stereocenters. The number of aryl methyl sites for hydroxylation is 1. The fourth-order valence-electron chi connectivity index (χ4n) is 2.89. The van der Waals surface area contributed by atoms with Crippen molar-refractivity contribution < 1.29 is 3.07 Å². The molecule has 0 saturated heterocycles. The monoisotopic (exact) mass is 410 g/mol. The van der Waals surface area contributed by atoms with Crippen LogP contribution in [-0.4, -0.2) is 28.2 Å². The molecule has 0 heterocycles. The molecule has 0 aromatic heterocycles. The first-order chi connectivity index (χ1) is 10.8. The summed E-state index contributed by atoms with van der Waals surface area (Å²) in [5.74, 6) is 0. The van der Waals surface area contributed by atoms with Gasteiger partial charge >= 0.3 is 149 Å². The summed E-state index contributed by atoms with van der Waals surface area (Å²) in [5.41, 5.74) is 5.01. The topological polar surface area (TPSA) is 9.23 Å². The molecule has 0 N–H and O–H groups in total. The van der Waals surface area contributed by atoms with Gasteiger partial charge in [0.15, 0.2) is 0 Å². The van der Waals surface area contributed by atoms with E-state index < -0.39 is 21.6 Å². The Balaban J connectivity index is 3.11. The Morgan fingerprint density at radius 3 is 1.95 bits per heavy atom. The molecule has 0 fully saturated rings. The first-order valence-electron chi connectivity index (χ1n) is 9.29. The number of benzene rings is 1. The molecule has 0 aliphatic carbocycles. The maximum absolute atomic E-state index is 5.89. The predicted octanol–water partition coefficient (Wildman–Crippen LogP) is 5.00. The van der Waals surface area contributed by atoms with E-state index in [0.29, 0.717) is 0 Å². The molecule has 1 aromatic rings. The van der Waals surface area contributed by atoms with Gasteiger partial charge in [-0.25, -0.2) is 0 Å². The van der Waals surface area contributed by atoms with Crippen LogP contribution in [0.15, 0.2) is 12.1 Å². The third-order valence-electron chi connectivity index (χ3n) is 4.21. The Kier molecular flexibility index (Phi) is 11.3. The second-order valence-corrected chi connectivity index (χ2v) is 9.02. The quantitative estimate of drug-likeness (QED) is 0.442. The van der Waals surface area contributed by atoms with Gasteiger partial charge in [-0.2, -0.15) is 0 Å². The van der Waals surface area contributed by atoms with E-state index in [4.69, 9.17) is 3.07 Å². The second-order valence-electron chi connectivity index (χ2n) is 6.08. The van der Waals surface area contributed by atoms with Crippen LogP contribution in [0.25, 0.3) is 0 Å². The predicted molar refractivity (Wildman–Crippen MR) is 99.3 cm³/mol. The van der Waals surface area contributed by atoms with E-state index in [1.165, 1.54) is 57.8 Å². The van der Waals surface area contributed by atoms with E-state index in [0.717, 1.165) is 6.61 Å². The number of rotatable bonds is 12. The first kappa shape index (κ1) is 20.0. The fraction of sp³-hybridized carbons (Fsp3) is 0.700. The standard InChI is InChI=1S/C18H29.C2H5O.Sn/c1-4-7-11-16-13-10-14-17(12-8-5-2)18(16)15-9-6-3;1-2-3;/h10,13H,4-9,11-12,15H2,1-3H3;2H2,1H3;/q;-1;+1. The maximum atomic E-state index is 5.89. The Bertz CT molecular complexity index is 375. The van der Waals surface area contributed by atoms with E-state index in [1.54, 1.807) is 20.3 Å². The van der Waals surface area contributed by atoms with Crippen LogP contribution in [0, 0.1) is 0 Å². The van der Waals surface area contributed by atoms with Gasteiger partial charge in [0.2, 0.25) is 0 Å². The molecular formula is C20H34OSn. The van der Waals surface area contributed by atoms with Crippen LogP contribution >= 0.6 is 0 Å². The zero-order valence-electron chi connectivity index (χ0n) is 15.1. The average Bonchev–Trinajstić information content (AvgIpc) is 2.55. The van der Waals surface area contributed by atoms with Crippen molar-refractivity contribution >= 4 is 25.1 Å². The number of hydrogen-bond donors (Lipinski definition) is 0. The van der Waals surface area contributed by atoms with Crippen molar-refractivity contribution in [2.45, 2.75) is 85.5 Å². The van der Waals surface area contributed by atoms with E-state index >= 15 is 0 Å². The summed E-state index contributed by atoms with van der Waals surface area (Å²) < 4.78 is 7.49. The third-order valence-corrected chi connectivity index (χ3v) is 7.42. The number of unbranched alkanes of at least 4 members (excludes halogenated alkanes) is 3. The van der Waals surface area contributed by atoms with E-state index in [9.17, 15) is 0 Å². The summed E-state index contributed by atoms with van der Waals surface area (Å²) >= 11 is -0.846. The molecule has 1 rings (SSSR count). The molecular weight excluding hydrogens is 375 g/mol. The van der Waals surface area contributed by atoms with Gasteiger partial charge < -0.3 is 0 Å². The molecule has 124 valence electrons. The molecule has 2 radical (unpaired) electrons. The Morgan fingerprint density at radius 2 is 1.36 bits per heavy atom. The zero-order chi connectivity index (χ0) is 16.2. The Labute approximate surface area is 149 Å². The van der Waals surface area contributed by atoms with Gasteiger partial charge in [-0.15, -0.1) is 0 Å². The van der Waals surface area contributed by atoms with Crippen LogP contribution in [-0.2, 0) is 22.3 Å². The summed E-state index contributed by atoms with van der Waals surface area (Å²) in [6.07, 6.45) is 11.6. The van der Waals surface area contributed by atoms with Crippen molar-refractivity contribution in [1.29, 1.82) is 0 Å². The molecule has 0 amide bonds. The molecule has 0 saturated carbocycles. The van der Waals surface area contributed by atoms with E-state index in [1.807, 2.05) is 0 Å². The minimum absolute atomic E-state index is 0.846. The van der Waals surface area contributed by atoms with Crippen molar-refractivity contribution in [3.63, 3.8) is 0 Å². The van der Waals surface area contributed by atoms with Crippen LogP contribution in [0.4, 0.5) is 0 Å². The van der Waals surface area contributed by atoms with Gasteiger partial charge in [0, 0.05) is 0 Å². The summed E-state index contributed by atoms with van der Waals surface area (Å²) in [5, 5.41) is 0. The average molecular weight is 409 g/mol. The van der Waals surface area contributed by atoms with Gasteiger partial charge in [-0.1, -0.05) is 0 Å². The normalized spacial score (nSPS) is 11.1. The summed E-state index contributed by atoms with van der Waals surface area (Å²) in [7, 11) is 0. The zero-order valence-corrected chi connectivity index (χ0v) is 18.0. The van der Waals surface area contributed by atoms with Crippen molar-refractivity contribution in [3.05, 3.63) is 28.8 Å². The SMILES string of the molecule is CCCCc1cc[c]([Sn][O]CC)c(CCCC)c1CCCC. The molecule has 0 aliphatic rings. The molecule has 1 nitrogen and oxygen atoms in total. The van der Waals surface area contributed by atoms with Crippen molar-refractivity contribution in [3.8, 4) is 0 Å². The Morgan fingerprint density at radius 1 is 0.773 bits per heavy atom. The van der Waals surface area contributed by atoms with Crippen LogP contribution in [0.5, 0.6) is 0 Å². The molecule has 0 aliphatic heterocycles. The van der Waals surface area contributed by atoms with Crippen molar-refractivity contribution in [2.24, 2.45) is 0 Å². The van der Waals surface area contributed by atoms with Crippen LogP contribution in [0.2, 0.25) is 0 Å². The Hall–Kier alpha value is -0.0213. The molecule has 0 bridgehead atoms. The van der Waals surface area contributed by atoms with E-state index in [-0.39, 0.29) is 0 Å². The van der Waals surface area contributed by atoms with Gasteiger partial charge in [-0.05, 0) is 0 Å². The van der Waals surface area contributed by atoms with Gasteiger partial charge in [0.25, 0.3) is 0 Å². The molecule has 0 atom stereocenters. The fourth-order valence-corrected chi connectivity index (χ4v) is 5.32. The summed E-state index contributed by atoms with van der Waals surface area (Å²) in [4.78, 5) is 0. The second kappa shape index (κ2) is 12.4. The molecule has 1 aromatic carbocycles. The third kappa shape index (κ3) is 6.62. The van der Waals surface area contributed by atoms with Gasteiger partial charge in [0.05, 0.1) is 0 Å². The van der Waals surface area contributed by atoms with Gasteiger partial charge in [0.1, 0.15) is 0 Å². The summed E-state index contributed by atoms with van der Waals surface area (Å²) in [6.45, 7) is 9.90.